The van der Waals surface area contributed by atoms with Crippen LogP contribution in [0.2, 0.25) is 0 Å². The molecule has 2 heterocycles. The number of likely N-dealkylation sites (tertiary alicyclic amines) is 1. The van der Waals surface area contributed by atoms with Crippen molar-refractivity contribution in [1.29, 1.82) is 0 Å². The summed E-state index contributed by atoms with van der Waals surface area (Å²) >= 11 is 0. The first-order valence-electron chi connectivity index (χ1n) is 8.67. The van der Waals surface area contributed by atoms with E-state index in [1.54, 1.807) is 19.1 Å². The van der Waals surface area contributed by atoms with Gasteiger partial charge in [-0.25, -0.2) is 4.39 Å². The number of piperidine rings is 1. The van der Waals surface area contributed by atoms with Gasteiger partial charge < -0.3 is 15.2 Å². The lowest BCUT2D eigenvalue weighted by Crippen LogP contribution is -2.47. The van der Waals surface area contributed by atoms with Gasteiger partial charge in [0.25, 0.3) is 0 Å². The van der Waals surface area contributed by atoms with Crippen molar-refractivity contribution in [3.8, 4) is 11.4 Å². The second-order valence-electron chi connectivity index (χ2n) is 6.45. The minimum Gasteiger partial charge on any atom is -0.339 e. The quantitative estimate of drug-likeness (QED) is 0.859. The number of benzene rings is 1. The van der Waals surface area contributed by atoms with Crippen LogP contribution in [0.25, 0.3) is 11.4 Å². The third kappa shape index (κ3) is 4.59. The normalized spacial score (nSPS) is 17.0. The number of aryl methyl sites for hydroxylation is 2. The van der Waals surface area contributed by atoms with Crippen molar-refractivity contribution in [3.05, 3.63) is 35.5 Å². The highest BCUT2D eigenvalue weighted by Crippen LogP contribution is 2.20. The van der Waals surface area contributed by atoms with Crippen molar-refractivity contribution < 1.29 is 13.7 Å². The molecule has 26 heavy (non-hydrogen) atoms. The molecular formula is C18H24ClFN4O2. The Morgan fingerprint density at radius 3 is 2.96 bits per heavy atom. The Morgan fingerprint density at radius 1 is 1.42 bits per heavy atom. The lowest BCUT2D eigenvalue weighted by molar-refractivity contribution is -0.134. The highest BCUT2D eigenvalue weighted by molar-refractivity contribution is 5.85. The fraction of sp³-hybridized carbons (Fsp3) is 0.500. The van der Waals surface area contributed by atoms with Crippen molar-refractivity contribution in [2.24, 2.45) is 5.73 Å². The molecule has 1 amide bonds. The molecule has 1 unspecified atom stereocenters. The van der Waals surface area contributed by atoms with E-state index in [-0.39, 0.29) is 30.2 Å². The summed E-state index contributed by atoms with van der Waals surface area (Å²) in [4.78, 5) is 18.6. The largest absolute Gasteiger partial charge is 0.339 e. The molecule has 1 aromatic carbocycles. The predicted octanol–water partition coefficient (Wildman–Crippen LogP) is 2.88. The molecule has 1 fully saturated rings. The highest BCUT2D eigenvalue weighted by atomic mass is 35.5. The van der Waals surface area contributed by atoms with E-state index in [4.69, 9.17) is 10.3 Å². The van der Waals surface area contributed by atoms with Gasteiger partial charge in [-0.2, -0.15) is 4.98 Å². The summed E-state index contributed by atoms with van der Waals surface area (Å²) in [5.41, 5.74) is 6.99. The van der Waals surface area contributed by atoms with Gasteiger partial charge in [-0.1, -0.05) is 5.16 Å². The minimum atomic E-state index is -0.269. The van der Waals surface area contributed by atoms with Crippen LogP contribution in [0.5, 0.6) is 0 Å². The molecule has 3 rings (SSSR count). The van der Waals surface area contributed by atoms with Gasteiger partial charge in [-0.05, 0) is 49.9 Å². The molecule has 0 spiro atoms. The van der Waals surface area contributed by atoms with Gasteiger partial charge in [0, 0.05) is 37.5 Å². The van der Waals surface area contributed by atoms with E-state index in [1.807, 2.05) is 4.90 Å². The summed E-state index contributed by atoms with van der Waals surface area (Å²) in [7, 11) is 0. The number of rotatable bonds is 5. The maximum atomic E-state index is 13.4. The third-order valence-corrected chi connectivity index (χ3v) is 4.66. The van der Waals surface area contributed by atoms with E-state index >= 15 is 0 Å². The summed E-state index contributed by atoms with van der Waals surface area (Å²) in [6.45, 7) is 2.95. The van der Waals surface area contributed by atoms with Crippen molar-refractivity contribution in [3.63, 3.8) is 0 Å². The minimum absolute atomic E-state index is 0. The number of nitrogens with two attached hydrogens (primary N) is 1. The lowest BCUT2D eigenvalue weighted by Gasteiger charge is -2.35. The molecule has 2 N–H and O–H groups in total. The molecule has 1 saturated heterocycles. The Kier molecular flexibility index (Phi) is 7.11. The molecule has 1 atom stereocenters. The Balaban J connectivity index is 0.00000243. The Morgan fingerprint density at radius 2 is 2.23 bits per heavy atom. The number of aromatic nitrogens is 2. The third-order valence-electron chi connectivity index (χ3n) is 4.66. The molecule has 0 aliphatic carbocycles. The van der Waals surface area contributed by atoms with Gasteiger partial charge in [0.05, 0.1) is 0 Å². The number of carbonyl (C=O) groups excluding carboxylic acids is 1. The second-order valence-corrected chi connectivity index (χ2v) is 6.45. The Labute approximate surface area is 158 Å². The van der Waals surface area contributed by atoms with Crippen molar-refractivity contribution in [1.82, 2.24) is 15.0 Å². The van der Waals surface area contributed by atoms with Crippen molar-refractivity contribution >= 4 is 18.3 Å². The van der Waals surface area contributed by atoms with E-state index in [1.165, 1.54) is 6.07 Å². The van der Waals surface area contributed by atoms with Crippen LogP contribution in [0.4, 0.5) is 4.39 Å². The van der Waals surface area contributed by atoms with Gasteiger partial charge in [0.15, 0.2) is 0 Å². The van der Waals surface area contributed by atoms with Gasteiger partial charge in [-0.3, -0.25) is 4.79 Å². The molecule has 1 aromatic heterocycles. The van der Waals surface area contributed by atoms with Gasteiger partial charge in [0.1, 0.15) is 5.82 Å². The van der Waals surface area contributed by atoms with Crippen LogP contribution < -0.4 is 5.73 Å². The van der Waals surface area contributed by atoms with Gasteiger partial charge in [-0.15, -0.1) is 12.4 Å². The predicted molar refractivity (Wildman–Crippen MR) is 98.4 cm³/mol. The molecule has 8 heteroatoms. The SMILES string of the molecule is Cc1cc(-c2noc(CCC(=O)N3CCCCC3CN)n2)ccc1F.Cl. The van der Waals surface area contributed by atoms with Crippen LogP contribution in [-0.2, 0) is 11.2 Å². The second kappa shape index (κ2) is 9.09. The van der Waals surface area contributed by atoms with Crippen molar-refractivity contribution in [2.75, 3.05) is 13.1 Å². The lowest BCUT2D eigenvalue weighted by atomic mass is 10.0. The van der Waals surface area contributed by atoms with Crippen LogP contribution in [-0.4, -0.2) is 40.1 Å². The van der Waals surface area contributed by atoms with Gasteiger partial charge in [0.2, 0.25) is 17.6 Å². The average molecular weight is 383 g/mol. The fourth-order valence-electron chi connectivity index (χ4n) is 3.19. The summed E-state index contributed by atoms with van der Waals surface area (Å²) < 4.78 is 18.6. The molecular weight excluding hydrogens is 359 g/mol. The van der Waals surface area contributed by atoms with Crippen LogP contribution in [0.15, 0.2) is 22.7 Å². The number of hydrogen-bond donors (Lipinski definition) is 1. The summed E-state index contributed by atoms with van der Waals surface area (Å²) in [5, 5.41) is 3.93. The van der Waals surface area contributed by atoms with E-state index in [2.05, 4.69) is 10.1 Å². The first-order chi connectivity index (χ1) is 12.1. The zero-order valence-corrected chi connectivity index (χ0v) is 15.6. The molecule has 2 aromatic rings. The van der Waals surface area contributed by atoms with Crippen LogP contribution in [0.1, 0.15) is 37.1 Å². The fourth-order valence-corrected chi connectivity index (χ4v) is 3.19. The van der Waals surface area contributed by atoms with E-state index < -0.39 is 0 Å². The average Bonchev–Trinajstić information content (AvgIpc) is 3.11. The summed E-state index contributed by atoms with van der Waals surface area (Å²) in [5.74, 6) is 0.622. The molecule has 1 aliphatic heterocycles. The van der Waals surface area contributed by atoms with Crippen LogP contribution >= 0.6 is 12.4 Å². The number of halogens is 2. The van der Waals surface area contributed by atoms with Crippen LogP contribution in [0, 0.1) is 12.7 Å². The number of hydrogen-bond acceptors (Lipinski definition) is 5. The topological polar surface area (TPSA) is 85.2 Å². The molecule has 142 valence electrons. The van der Waals surface area contributed by atoms with Crippen molar-refractivity contribution in [2.45, 2.75) is 45.1 Å². The highest BCUT2D eigenvalue weighted by Gasteiger charge is 2.25. The monoisotopic (exact) mass is 382 g/mol. The molecule has 0 radical (unpaired) electrons. The maximum Gasteiger partial charge on any atom is 0.227 e. The zero-order valence-electron chi connectivity index (χ0n) is 14.8. The number of amides is 1. The standard InChI is InChI=1S/C18H23FN4O2.ClH/c1-12-10-13(5-6-15(12)19)18-21-16(25-22-18)7-8-17(24)23-9-3-2-4-14(23)11-20;/h5-6,10,14H,2-4,7-9,11,20H2,1H3;1H. The molecule has 1 aliphatic rings. The smallest absolute Gasteiger partial charge is 0.227 e. The first kappa shape index (κ1) is 20.3. The molecule has 0 saturated carbocycles. The summed E-state index contributed by atoms with van der Waals surface area (Å²) in [6.07, 6.45) is 3.82. The van der Waals surface area contributed by atoms with E-state index in [0.29, 0.717) is 42.2 Å². The molecule has 6 nitrogen and oxygen atoms in total. The zero-order chi connectivity index (χ0) is 17.8. The van der Waals surface area contributed by atoms with Gasteiger partial charge >= 0.3 is 0 Å². The Hall–Kier alpha value is -1.99. The van der Waals surface area contributed by atoms with E-state index in [9.17, 15) is 9.18 Å². The molecule has 0 bridgehead atoms. The Bertz CT molecular complexity index is 753. The number of nitrogens with zero attached hydrogens (tertiary/aromatic N) is 3. The first-order valence-corrected chi connectivity index (χ1v) is 8.67. The van der Waals surface area contributed by atoms with E-state index in [0.717, 1.165) is 25.8 Å². The maximum absolute atomic E-state index is 13.4. The number of carbonyl (C=O) groups is 1. The van der Waals surface area contributed by atoms with Crippen LogP contribution in [0.3, 0.4) is 0 Å². The summed E-state index contributed by atoms with van der Waals surface area (Å²) in [6, 6.07) is 4.81.